The molecule has 0 bridgehead atoms. The van der Waals surface area contributed by atoms with Crippen molar-refractivity contribution in [3.63, 3.8) is 0 Å². The molecule has 0 aliphatic rings. The second-order valence-electron chi connectivity index (χ2n) is 6.53. The molecule has 0 aliphatic heterocycles. The molecule has 0 saturated heterocycles. The minimum Gasteiger partial charge on any atom is -0.395 e. The summed E-state index contributed by atoms with van der Waals surface area (Å²) < 4.78 is 1.56. The Morgan fingerprint density at radius 1 is 1.24 bits per heavy atom. The number of fused-ring (bicyclic) bond motifs is 1. The molecule has 0 radical (unpaired) electrons. The molecule has 2 heterocycles. The highest BCUT2D eigenvalue weighted by Gasteiger charge is 2.22. The van der Waals surface area contributed by atoms with Gasteiger partial charge in [-0.3, -0.25) is 14.1 Å². The maximum Gasteiger partial charge on any atom is 0.258 e. The molecule has 1 atom stereocenters. The molecule has 6 heteroatoms. The summed E-state index contributed by atoms with van der Waals surface area (Å²) in [4.78, 5) is 19.7. The van der Waals surface area contributed by atoms with Crippen LogP contribution in [-0.4, -0.2) is 32.0 Å². The Labute approximate surface area is 151 Å². The van der Waals surface area contributed by atoms with Crippen LogP contribution in [0.15, 0.2) is 52.8 Å². The van der Waals surface area contributed by atoms with E-state index in [2.05, 4.69) is 35.9 Å². The number of thiazole rings is 1. The number of hydrogen-bond donors (Lipinski definition) is 1. The zero-order valence-corrected chi connectivity index (χ0v) is 15.3. The highest BCUT2D eigenvalue weighted by molar-refractivity contribution is 7.15. The Morgan fingerprint density at radius 3 is 2.68 bits per heavy atom. The van der Waals surface area contributed by atoms with Gasteiger partial charge in [-0.1, -0.05) is 44.2 Å². The SMILES string of the molecule is CC(C)C(CO)N(Cc1ccccc1)Cc1cc(=O)n2ccsc2n1. The lowest BCUT2D eigenvalue weighted by atomic mass is 10.0. The minimum absolute atomic E-state index is 0.00351. The maximum absolute atomic E-state index is 12.2. The average Bonchev–Trinajstić information content (AvgIpc) is 3.05. The summed E-state index contributed by atoms with van der Waals surface area (Å²) >= 11 is 1.45. The number of benzene rings is 1. The van der Waals surface area contributed by atoms with Crippen LogP contribution in [0.4, 0.5) is 0 Å². The fourth-order valence-corrected chi connectivity index (χ4v) is 3.77. The largest absolute Gasteiger partial charge is 0.395 e. The van der Waals surface area contributed by atoms with Crippen molar-refractivity contribution in [1.82, 2.24) is 14.3 Å². The first-order chi connectivity index (χ1) is 12.1. The lowest BCUT2D eigenvalue weighted by molar-refractivity contribution is 0.0774. The topological polar surface area (TPSA) is 57.8 Å². The van der Waals surface area contributed by atoms with Gasteiger partial charge in [-0.05, 0) is 11.5 Å². The Morgan fingerprint density at radius 2 is 2.00 bits per heavy atom. The van der Waals surface area contributed by atoms with Gasteiger partial charge in [0.05, 0.1) is 12.3 Å². The third-order valence-corrected chi connectivity index (χ3v) is 5.13. The van der Waals surface area contributed by atoms with Crippen molar-refractivity contribution in [2.45, 2.75) is 33.0 Å². The molecule has 3 rings (SSSR count). The van der Waals surface area contributed by atoms with Crippen LogP contribution in [0, 0.1) is 5.92 Å². The number of aliphatic hydroxyl groups excluding tert-OH is 1. The predicted octanol–water partition coefficient (Wildman–Crippen LogP) is 2.78. The van der Waals surface area contributed by atoms with E-state index in [0.717, 1.165) is 5.69 Å². The van der Waals surface area contributed by atoms with Crippen LogP contribution < -0.4 is 5.56 Å². The van der Waals surface area contributed by atoms with E-state index in [1.165, 1.54) is 16.9 Å². The van der Waals surface area contributed by atoms with Crippen molar-refractivity contribution >= 4 is 16.3 Å². The van der Waals surface area contributed by atoms with Crippen LogP contribution in [0.2, 0.25) is 0 Å². The highest BCUT2D eigenvalue weighted by atomic mass is 32.1. The molecule has 0 saturated carbocycles. The normalized spacial score (nSPS) is 13.0. The van der Waals surface area contributed by atoms with Crippen molar-refractivity contribution in [1.29, 1.82) is 0 Å². The van der Waals surface area contributed by atoms with Crippen molar-refractivity contribution in [2.75, 3.05) is 6.61 Å². The summed E-state index contributed by atoms with van der Waals surface area (Å²) in [5, 5.41) is 11.8. The number of nitrogens with zero attached hydrogens (tertiary/aromatic N) is 3. The van der Waals surface area contributed by atoms with Crippen LogP contribution in [0.5, 0.6) is 0 Å². The van der Waals surface area contributed by atoms with Gasteiger partial charge in [0.25, 0.3) is 5.56 Å². The van der Waals surface area contributed by atoms with Gasteiger partial charge in [-0.25, -0.2) is 4.98 Å². The van der Waals surface area contributed by atoms with E-state index in [0.29, 0.717) is 24.0 Å². The molecular weight excluding hydrogens is 334 g/mol. The van der Waals surface area contributed by atoms with Gasteiger partial charge < -0.3 is 5.11 Å². The molecule has 0 spiro atoms. The van der Waals surface area contributed by atoms with E-state index < -0.39 is 0 Å². The van der Waals surface area contributed by atoms with Gasteiger partial charge in [0.2, 0.25) is 0 Å². The van der Waals surface area contributed by atoms with Gasteiger partial charge in [0.15, 0.2) is 4.96 Å². The first-order valence-corrected chi connectivity index (χ1v) is 9.31. The monoisotopic (exact) mass is 357 g/mol. The van der Waals surface area contributed by atoms with E-state index in [9.17, 15) is 9.90 Å². The molecular formula is C19H23N3O2S. The van der Waals surface area contributed by atoms with Crippen molar-refractivity contribution in [3.05, 3.63) is 69.6 Å². The highest BCUT2D eigenvalue weighted by Crippen LogP contribution is 2.18. The van der Waals surface area contributed by atoms with Crippen molar-refractivity contribution < 1.29 is 5.11 Å². The fourth-order valence-electron chi connectivity index (χ4n) is 3.03. The molecule has 5 nitrogen and oxygen atoms in total. The van der Waals surface area contributed by atoms with E-state index in [4.69, 9.17) is 0 Å². The second-order valence-corrected chi connectivity index (χ2v) is 7.40. The summed E-state index contributed by atoms with van der Waals surface area (Å²) in [6.45, 7) is 5.51. The van der Waals surface area contributed by atoms with Crippen LogP contribution in [-0.2, 0) is 13.1 Å². The zero-order chi connectivity index (χ0) is 17.8. The van der Waals surface area contributed by atoms with Crippen molar-refractivity contribution in [2.24, 2.45) is 5.92 Å². The summed E-state index contributed by atoms with van der Waals surface area (Å²) in [6, 6.07) is 11.8. The van der Waals surface area contributed by atoms with Gasteiger partial charge in [0.1, 0.15) is 0 Å². The van der Waals surface area contributed by atoms with Gasteiger partial charge in [0, 0.05) is 36.8 Å². The summed E-state index contributed by atoms with van der Waals surface area (Å²) in [7, 11) is 0. The van der Waals surface area contributed by atoms with Crippen molar-refractivity contribution in [3.8, 4) is 0 Å². The minimum atomic E-state index is -0.0639. The predicted molar refractivity (Wildman–Crippen MR) is 101 cm³/mol. The molecule has 1 N–H and O–H groups in total. The molecule has 0 aliphatic carbocycles. The lowest BCUT2D eigenvalue weighted by Crippen LogP contribution is -2.41. The van der Waals surface area contributed by atoms with Crippen LogP contribution in [0.1, 0.15) is 25.1 Å². The third kappa shape index (κ3) is 4.15. The molecule has 0 fully saturated rings. The fraction of sp³-hybridized carbons (Fsp3) is 0.368. The third-order valence-electron chi connectivity index (χ3n) is 4.38. The zero-order valence-electron chi connectivity index (χ0n) is 14.5. The molecule has 1 unspecified atom stereocenters. The Kier molecular flexibility index (Phi) is 5.63. The maximum atomic E-state index is 12.2. The van der Waals surface area contributed by atoms with E-state index >= 15 is 0 Å². The van der Waals surface area contributed by atoms with E-state index in [-0.39, 0.29) is 18.2 Å². The van der Waals surface area contributed by atoms with Gasteiger partial charge >= 0.3 is 0 Å². The summed E-state index contributed by atoms with van der Waals surface area (Å²) in [5.41, 5.74) is 1.85. The Balaban J connectivity index is 1.91. The standard InChI is InChI=1S/C19H23N3O2S/c1-14(2)17(13-23)21(11-15-6-4-3-5-7-15)12-16-10-18(24)22-8-9-25-19(22)20-16/h3-10,14,17,23H,11-13H2,1-2H3. The Bertz CT molecular complexity index is 873. The molecule has 1 aromatic carbocycles. The average molecular weight is 357 g/mol. The summed E-state index contributed by atoms with van der Waals surface area (Å²) in [6.07, 6.45) is 1.74. The number of hydrogen-bond acceptors (Lipinski definition) is 5. The van der Waals surface area contributed by atoms with Crippen LogP contribution in [0.25, 0.3) is 4.96 Å². The number of aliphatic hydroxyl groups is 1. The van der Waals surface area contributed by atoms with Crippen LogP contribution >= 0.6 is 11.3 Å². The molecule has 2 aromatic heterocycles. The first kappa shape index (κ1) is 17.8. The van der Waals surface area contributed by atoms with Gasteiger partial charge in [-0.2, -0.15) is 0 Å². The number of aromatic nitrogens is 2. The molecule has 3 aromatic rings. The first-order valence-electron chi connectivity index (χ1n) is 8.43. The van der Waals surface area contributed by atoms with Gasteiger partial charge in [-0.15, -0.1) is 11.3 Å². The quantitative estimate of drug-likeness (QED) is 0.706. The Hall–Kier alpha value is -2.02. The molecule has 132 valence electrons. The molecule has 25 heavy (non-hydrogen) atoms. The van der Waals surface area contributed by atoms with E-state index in [1.807, 2.05) is 23.6 Å². The van der Waals surface area contributed by atoms with Crippen LogP contribution in [0.3, 0.4) is 0 Å². The van der Waals surface area contributed by atoms with E-state index in [1.54, 1.807) is 16.7 Å². The molecule has 0 amide bonds. The number of rotatable bonds is 7. The lowest BCUT2D eigenvalue weighted by Gasteiger charge is -2.33. The smallest absolute Gasteiger partial charge is 0.258 e. The summed E-state index contributed by atoms with van der Waals surface area (Å²) in [5.74, 6) is 0.292. The second kappa shape index (κ2) is 7.91.